The number of anilines is 2. The van der Waals surface area contributed by atoms with Crippen molar-refractivity contribution in [2.45, 2.75) is 18.7 Å². The van der Waals surface area contributed by atoms with Crippen LogP contribution in [0.25, 0.3) is 0 Å². The van der Waals surface area contributed by atoms with E-state index in [4.69, 9.17) is 5.73 Å². The second kappa shape index (κ2) is 5.65. The zero-order valence-corrected chi connectivity index (χ0v) is 13.8. The van der Waals surface area contributed by atoms with Gasteiger partial charge in [-0.05, 0) is 49.2 Å². The van der Waals surface area contributed by atoms with Crippen LogP contribution in [0.1, 0.15) is 11.1 Å². The highest BCUT2D eigenvalue weighted by atomic mass is 79.9. The lowest BCUT2D eigenvalue weighted by Gasteiger charge is -2.12. The molecule has 112 valence electrons. The Bertz CT molecular complexity index is 784. The summed E-state index contributed by atoms with van der Waals surface area (Å²) in [5, 5.41) is 0. The third kappa shape index (κ3) is 3.36. The molecule has 7 heteroatoms. The first-order chi connectivity index (χ1) is 9.70. The number of rotatable bonds is 3. The summed E-state index contributed by atoms with van der Waals surface area (Å²) in [5.74, 6) is -0.604. The molecule has 0 atom stereocenters. The Kier molecular flexibility index (Phi) is 4.25. The van der Waals surface area contributed by atoms with E-state index < -0.39 is 15.8 Å². The molecule has 2 aromatic carbocycles. The van der Waals surface area contributed by atoms with Crippen LogP contribution in [-0.4, -0.2) is 8.42 Å². The molecule has 0 unspecified atom stereocenters. The third-order valence-corrected chi connectivity index (χ3v) is 4.85. The van der Waals surface area contributed by atoms with E-state index in [0.29, 0.717) is 5.69 Å². The van der Waals surface area contributed by atoms with E-state index in [1.807, 2.05) is 6.07 Å². The molecular weight excluding hydrogens is 359 g/mol. The molecule has 0 saturated heterocycles. The van der Waals surface area contributed by atoms with E-state index in [0.717, 1.165) is 16.1 Å². The summed E-state index contributed by atoms with van der Waals surface area (Å²) in [6, 6.07) is 7.62. The van der Waals surface area contributed by atoms with Crippen LogP contribution in [0.15, 0.2) is 39.7 Å². The van der Waals surface area contributed by atoms with Gasteiger partial charge in [0, 0.05) is 4.47 Å². The van der Waals surface area contributed by atoms with E-state index in [9.17, 15) is 12.8 Å². The van der Waals surface area contributed by atoms with Gasteiger partial charge in [-0.15, -0.1) is 0 Å². The first-order valence-electron chi connectivity index (χ1n) is 6.05. The van der Waals surface area contributed by atoms with Gasteiger partial charge < -0.3 is 5.73 Å². The number of sulfonamides is 1. The van der Waals surface area contributed by atoms with Crippen molar-refractivity contribution in [1.29, 1.82) is 0 Å². The summed E-state index contributed by atoms with van der Waals surface area (Å²) in [4.78, 5) is -0.0710. The molecule has 21 heavy (non-hydrogen) atoms. The quantitative estimate of drug-likeness (QED) is 0.808. The van der Waals surface area contributed by atoms with Crippen molar-refractivity contribution in [1.82, 2.24) is 0 Å². The normalized spacial score (nSPS) is 11.4. The lowest BCUT2D eigenvalue weighted by Crippen LogP contribution is -2.14. The summed E-state index contributed by atoms with van der Waals surface area (Å²) in [6.45, 7) is 3.25. The van der Waals surface area contributed by atoms with Crippen molar-refractivity contribution in [2.75, 3.05) is 10.5 Å². The highest BCUT2D eigenvalue weighted by Gasteiger charge is 2.18. The van der Waals surface area contributed by atoms with Crippen LogP contribution in [-0.2, 0) is 10.0 Å². The number of benzene rings is 2. The Balaban J connectivity index is 2.46. The molecule has 0 amide bonds. The zero-order chi connectivity index (χ0) is 15.8. The zero-order valence-electron chi connectivity index (χ0n) is 11.4. The summed E-state index contributed by atoms with van der Waals surface area (Å²) in [5.41, 5.74) is 6.70. The number of nitrogens with two attached hydrogens (primary N) is 1. The fourth-order valence-corrected chi connectivity index (χ4v) is 3.43. The highest BCUT2D eigenvalue weighted by molar-refractivity contribution is 9.10. The molecule has 0 heterocycles. The van der Waals surface area contributed by atoms with Crippen molar-refractivity contribution in [3.8, 4) is 0 Å². The van der Waals surface area contributed by atoms with Crippen LogP contribution >= 0.6 is 15.9 Å². The molecule has 0 radical (unpaired) electrons. The average molecular weight is 373 g/mol. The second-order valence-corrected chi connectivity index (χ2v) is 7.31. The lowest BCUT2D eigenvalue weighted by molar-refractivity contribution is 0.599. The summed E-state index contributed by atoms with van der Waals surface area (Å²) >= 11 is 3.29. The predicted octanol–water partition coefficient (Wildman–Crippen LogP) is 3.59. The minimum Gasteiger partial charge on any atom is -0.396 e. The summed E-state index contributed by atoms with van der Waals surface area (Å²) in [7, 11) is -3.83. The fourth-order valence-electron chi connectivity index (χ4n) is 1.83. The van der Waals surface area contributed by atoms with Gasteiger partial charge >= 0.3 is 0 Å². The van der Waals surface area contributed by atoms with Crippen molar-refractivity contribution >= 4 is 37.3 Å². The molecule has 0 spiro atoms. The number of hydrogen-bond donors (Lipinski definition) is 2. The van der Waals surface area contributed by atoms with Crippen LogP contribution in [0.4, 0.5) is 15.8 Å². The minimum absolute atomic E-state index is 0.0710. The maximum atomic E-state index is 13.5. The molecular formula is C14H14BrFN2O2S. The molecule has 0 bridgehead atoms. The van der Waals surface area contributed by atoms with Crippen molar-refractivity contribution in [2.24, 2.45) is 0 Å². The van der Waals surface area contributed by atoms with Crippen LogP contribution in [0.2, 0.25) is 0 Å². The first kappa shape index (κ1) is 15.8. The Morgan fingerprint density at radius 1 is 1.14 bits per heavy atom. The van der Waals surface area contributed by atoms with Crippen LogP contribution in [0.3, 0.4) is 0 Å². The largest absolute Gasteiger partial charge is 0.396 e. The number of aryl methyl sites for hydroxylation is 2. The fraction of sp³-hybridized carbons (Fsp3) is 0.143. The molecule has 0 fully saturated rings. The Morgan fingerprint density at radius 3 is 2.43 bits per heavy atom. The number of hydrogen-bond acceptors (Lipinski definition) is 3. The van der Waals surface area contributed by atoms with Gasteiger partial charge in [-0.2, -0.15) is 0 Å². The highest BCUT2D eigenvalue weighted by Crippen LogP contribution is 2.26. The minimum atomic E-state index is -3.83. The van der Waals surface area contributed by atoms with E-state index in [1.165, 1.54) is 13.0 Å². The molecule has 0 aliphatic carbocycles. The molecule has 3 N–H and O–H groups in total. The van der Waals surface area contributed by atoms with Gasteiger partial charge in [0.25, 0.3) is 10.0 Å². The monoisotopic (exact) mass is 372 g/mol. The van der Waals surface area contributed by atoms with E-state index in [2.05, 4.69) is 20.7 Å². The molecule has 4 nitrogen and oxygen atoms in total. The Hall–Kier alpha value is -1.60. The molecule has 0 aliphatic heterocycles. The van der Waals surface area contributed by atoms with E-state index >= 15 is 0 Å². The van der Waals surface area contributed by atoms with Gasteiger partial charge in [0.05, 0.1) is 16.3 Å². The molecule has 2 rings (SSSR count). The van der Waals surface area contributed by atoms with Gasteiger partial charge in [0.1, 0.15) is 5.82 Å². The smallest absolute Gasteiger partial charge is 0.261 e. The Labute approximate surface area is 131 Å². The maximum Gasteiger partial charge on any atom is 0.261 e. The van der Waals surface area contributed by atoms with Crippen LogP contribution in [0, 0.1) is 19.7 Å². The number of nitrogen functional groups attached to an aromatic ring is 1. The SMILES string of the molecule is Cc1ccc(Br)cc1NS(=O)(=O)c1cc(C)c(F)c(N)c1. The average Bonchev–Trinajstić information content (AvgIpc) is 2.39. The van der Waals surface area contributed by atoms with E-state index in [-0.39, 0.29) is 16.1 Å². The Morgan fingerprint density at radius 2 is 1.81 bits per heavy atom. The predicted molar refractivity (Wildman–Crippen MR) is 85.2 cm³/mol. The van der Waals surface area contributed by atoms with Gasteiger partial charge in [-0.25, -0.2) is 12.8 Å². The summed E-state index contributed by atoms with van der Waals surface area (Å²) in [6.07, 6.45) is 0. The van der Waals surface area contributed by atoms with Crippen molar-refractivity contribution in [3.63, 3.8) is 0 Å². The van der Waals surface area contributed by atoms with Crippen molar-refractivity contribution in [3.05, 3.63) is 51.7 Å². The van der Waals surface area contributed by atoms with Gasteiger partial charge in [0.15, 0.2) is 0 Å². The topological polar surface area (TPSA) is 72.2 Å². The van der Waals surface area contributed by atoms with Crippen LogP contribution in [0.5, 0.6) is 0 Å². The standard InChI is InChI=1S/C14H14BrFN2O2S/c1-8-3-4-10(15)6-13(8)18-21(19,20)11-5-9(2)14(16)12(17)7-11/h3-7,18H,17H2,1-2H3. The van der Waals surface area contributed by atoms with Gasteiger partial charge in [0.2, 0.25) is 0 Å². The van der Waals surface area contributed by atoms with Crippen LogP contribution < -0.4 is 10.5 Å². The van der Waals surface area contributed by atoms with E-state index in [1.54, 1.807) is 19.1 Å². The first-order valence-corrected chi connectivity index (χ1v) is 8.33. The molecule has 0 aromatic heterocycles. The van der Waals surface area contributed by atoms with Crippen molar-refractivity contribution < 1.29 is 12.8 Å². The molecule has 0 aliphatic rings. The third-order valence-electron chi connectivity index (χ3n) is 3.01. The lowest BCUT2D eigenvalue weighted by atomic mass is 10.2. The molecule has 2 aromatic rings. The second-order valence-electron chi connectivity index (χ2n) is 4.71. The molecule has 0 saturated carbocycles. The maximum absolute atomic E-state index is 13.5. The van der Waals surface area contributed by atoms with Gasteiger partial charge in [-0.3, -0.25) is 4.72 Å². The summed E-state index contributed by atoms with van der Waals surface area (Å²) < 4.78 is 41.5. The number of nitrogens with one attached hydrogen (secondary N) is 1. The van der Waals surface area contributed by atoms with Gasteiger partial charge in [-0.1, -0.05) is 22.0 Å². The number of halogens is 2.